The third-order valence-corrected chi connectivity index (χ3v) is 4.32. The maximum absolute atomic E-state index is 12.8. The van der Waals surface area contributed by atoms with Gasteiger partial charge in [0.2, 0.25) is 10.0 Å². The van der Waals surface area contributed by atoms with Crippen LogP contribution >= 0.6 is 0 Å². The summed E-state index contributed by atoms with van der Waals surface area (Å²) in [5, 5.41) is 4.25. The van der Waals surface area contributed by atoms with Gasteiger partial charge in [0, 0.05) is 12.7 Å². The maximum atomic E-state index is 12.8. The molecule has 1 aromatic heterocycles. The number of rotatable bonds is 6. The topological polar surface area (TPSA) is 100 Å². The van der Waals surface area contributed by atoms with Gasteiger partial charge in [0.1, 0.15) is 5.82 Å². The van der Waals surface area contributed by atoms with Crippen molar-refractivity contribution in [2.75, 3.05) is 22.3 Å². The zero-order chi connectivity index (χ0) is 19.2. The van der Waals surface area contributed by atoms with Gasteiger partial charge < -0.3 is 10.6 Å². The van der Waals surface area contributed by atoms with Gasteiger partial charge in [-0.2, -0.15) is 13.2 Å². The molecule has 2 aromatic rings. The fourth-order valence-corrected chi connectivity index (χ4v) is 2.85. The number of alkyl halides is 3. The second-order valence-electron chi connectivity index (χ2n) is 5.06. The van der Waals surface area contributed by atoms with E-state index in [9.17, 15) is 26.4 Å². The fourth-order valence-electron chi connectivity index (χ4n) is 1.94. The lowest BCUT2D eigenvalue weighted by Crippen LogP contribution is -2.34. The van der Waals surface area contributed by atoms with Crippen molar-refractivity contribution in [1.82, 2.24) is 10.3 Å². The van der Waals surface area contributed by atoms with Crippen LogP contribution in [0.25, 0.3) is 0 Å². The predicted molar refractivity (Wildman–Crippen MR) is 90.1 cm³/mol. The Hall–Kier alpha value is -2.82. The van der Waals surface area contributed by atoms with Crippen molar-refractivity contribution in [3.63, 3.8) is 0 Å². The van der Waals surface area contributed by atoms with E-state index in [-0.39, 0.29) is 12.4 Å². The number of carbonyl (C=O) groups excluding carboxylic acids is 1. The van der Waals surface area contributed by atoms with E-state index in [1.165, 1.54) is 24.4 Å². The van der Waals surface area contributed by atoms with Crippen molar-refractivity contribution in [3.8, 4) is 0 Å². The molecule has 0 bridgehead atoms. The van der Waals surface area contributed by atoms with Gasteiger partial charge >= 0.3 is 12.2 Å². The van der Waals surface area contributed by atoms with E-state index in [0.29, 0.717) is 0 Å². The van der Waals surface area contributed by atoms with E-state index < -0.39 is 39.2 Å². The number of anilines is 2. The SMILES string of the molecule is O=C(NCCS(=O)(=O)Nc1ccccn1)Nc1ccccc1C(F)(F)F. The lowest BCUT2D eigenvalue weighted by Gasteiger charge is -2.14. The summed E-state index contributed by atoms with van der Waals surface area (Å²) in [6.45, 7) is -0.303. The minimum absolute atomic E-state index is 0.121. The molecule has 140 valence electrons. The fraction of sp³-hybridized carbons (Fsp3) is 0.200. The molecule has 2 amide bonds. The van der Waals surface area contributed by atoms with E-state index in [1.54, 1.807) is 12.1 Å². The van der Waals surface area contributed by atoms with Gasteiger partial charge in [-0.05, 0) is 24.3 Å². The number of benzene rings is 1. The summed E-state index contributed by atoms with van der Waals surface area (Å²) in [7, 11) is -3.77. The Labute approximate surface area is 147 Å². The van der Waals surface area contributed by atoms with E-state index in [0.717, 1.165) is 12.1 Å². The molecule has 1 heterocycles. The number of urea groups is 1. The molecular formula is C15H15F3N4O3S. The predicted octanol–water partition coefficient (Wildman–Crippen LogP) is 2.66. The van der Waals surface area contributed by atoms with Crippen LogP contribution < -0.4 is 15.4 Å². The van der Waals surface area contributed by atoms with Gasteiger partial charge in [-0.1, -0.05) is 18.2 Å². The van der Waals surface area contributed by atoms with Crippen molar-refractivity contribution in [3.05, 3.63) is 54.2 Å². The minimum Gasteiger partial charge on any atom is -0.337 e. The molecule has 1 aromatic carbocycles. The van der Waals surface area contributed by atoms with Crippen molar-refractivity contribution in [1.29, 1.82) is 0 Å². The van der Waals surface area contributed by atoms with Crippen LogP contribution in [0, 0.1) is 0 Å². The molecule has 7 nitrogen and oxygen atoms in total. The Kier molecular flexibility index (Phi) is 6.03. The normalized spacial score (nSPS) is 11.7. The standard InChI is InChI=1S/C15H15F3N4O3S/c16-15(17,18)11-5-1-2-6-12(11)21-14(23)20-9-10-26(24,25)22-13-7-3-4-8-19-13/h1-8H,9-10H2,(H,19,22)(H2,20,21,23). The number of amides is 2. The number of para-hydroxylation sites is 1. The molecule has 0 unspecified atom stereocenters. The highest BCUT2D eigenvalue weighted by Crippen LogP contribution is 2.34. The average molecular weight is 388 g/mol. The Bertz CT molecular complexity index is 858. The Morgan fingerprint density at radius 3 is 2.42 bits per heavy atom. The molecule has 3 N–H and O–H groups in total. The third-order valence-electron chi connectivity index (χ3n) is 3.06. The molecule has 0 saturated carbocycles. The second kappa shape index (κ2) is 8.04. The highest BCUT2D eigenvalue weighted by molar-refractivity contribution is 7.92. The van der Waals surface area contributed by atoms with Gasteiger partial charge in [0.15, 0.2) is 0 Å². The summed E-state index contributed by atoms with van der Waals surface area (Å²) >= 11 is 0. The maximum Gasteiger partial charge on any atom is 0.418 e. The molecule has 0 radical (unpaired) electrons. The molecule has 2 rings (SSSR count). The minimum atomic E-state index is -4.63. The molecule has 0 aliphatic heterocycles. The van der Waals surface area contributed by atoms with Gasteiger partial charge in [-0.15, -0.1) is 0 Å². The number of sulfonamides is 1. The van der Waals surface area contributed by atoms with Crippen LogP contribution in [-0.2, 0) is 16.2 Å². The molecule has 0 atom stereocenters. The molecule has 0 saturated heterocycles. The van der Waals surface area contributed by atoms with E-state index in [2.05, 4.69) is 20.3 Å². The number of aromatic nitrogens is 1. The quantitative estimate of drug-likeness (QED) is 0.708. The summed E-state index contributed by atoms with van der Waals surface area (Å²) < 4.78 is 64.5. The molecule has 0 aliphatic rings. The summed E-state index contributed by atoms with van der Waals surface area (Å²) in [4.78, 5) is 15.5. The van der Waals surface area contributed by atoms with Crippen molar-refractivity contribution in [2.45, 2.75) is 6.18 Å². The Morgan fingerprint density at radius 2 is 1.77 bits per heavy atom. The van der Waals surface area contributed by atoms with Gasteiger partial charge in [-0.25, -0.2) is 18.2 Å². The lowest BCUT2D eigenvalue weighted by atomic mass is 10.1. The summed E-state index contributed by atoms with van der Waals surface area (Å²) in [5.74, 6) is -0.353. The largest absolute Gasteiger partial charge is 0.418 e. The van der Waals surface area contributed by atoms with Crippen LogP contribution in [-0.4, -0.2) is 31.7 Å². The van der Waals surface area contributed by atoms with Crippen molar-refractivity contribution in [2.24, 2.45) is 0 Å². The average Bonchev–Trinajstić information content (AvgIpc) is 2.54. The van der Waals surface area contributed by atoms with E-state index in [4.69, 9.17) is 0 Å². The summed E-state index contributed by atoms with van der Waals surface area (Å²) in [6.07, 6.45) is -3.22. The number of hydrogen-bond acceptors (Lipinski definition) is 4. The van der Waals surface area contributed by atoms with Crippen LogP contribution in [0.5, 0.6) is 0 Å². The number of hydrogen-bond donors (Lipinski definition) is 3. The molecule has 0 spiro atoms. The highest BCUT2D eigenvalue weighted by atomic mass is 32.2. The smallest absolute Gasteiger partial charge is 0.337 e. The lowest BCUT2D eigenvalue weighted by molar-refractivity contribution is -0.136. The Balaban J connectivity index is 1.88. The number of halogens is 3. The zero-order valence-corrected chi connectivity index (χ0v) is 14.1. The third kappa shape index (κ3) is 5.92. The first-order valence-electron chi connectivity index (χ1n) is 7.30. The second-order valence-corrected chi connectivity index (χ2v) is 6.90. The first-order chi connectivity index (χ1) is 12.2. The molecule has 26 heavy (non-hydrogen) atoms. The first kappa shape index (κ1) is 19.5. The molecular weight excluding hydrogens is 373 g/mol. The van der Waals surface area contributed by atoms with Crippen molar-refractivity contribution < 1.29 is 26.4 Å². The zero-order valence-electron chi connectivity index (χ0n) is 13.2. The van der Waals surface area contributed by atoms with Crippen LogP contribution in [0.3, 0.4) is 0 Å². The number of carbonyl (C=O) groups is 1. The van der Waals surface area contributed by atoms with Crippen LogP contribution in [0.15, 0.2) is 48.7 Å². The number of nitrogens with zero attached hydrogens (tertiary/aromatic N) is 1. The van der Waals surface area contributed by atoms with Gasteiger partial charge in [0.05, 0.1) is 17.0 Å². The number of nitrogens with one attached hydrogen (secondary N) is 3. The van der Waals surface area contributed by atoms with Crippen molar-refractivity contribution >= 4 is 27.6 Å². The monoisotopic (exact) mass is 388 g/mol. The highest BCUT2D eigenvalue weighted by Gasteiger charge is 2.33. The van der Waals surface area contributed by atoms with Crippen LogP contribution in [0.4, 0.5) is 29.5 Å². The van der Waals surface area contributed by atoms with Crippen LogP contribution in [0.2, 0.25) is 0 Å². The summed E-state index contributed by atoms with van der Waals surface area (Å²) in [6, 6.07) is 8.17. The first-order valence-corrected chi connectivity index (χ1v) is 8.95. The number of pyridine rings is 1. The molecule has 0 aliphatic carbocycles. The van der Waals surface area contributed by atoms with Crippen LogP contribution in [0.1, 0.15) is 5.56 Å². The molecule has 0 fully saturated rings. The van der Waals surface area contributed by atoms with E-state index >= 15 is 0 Å². The Morgan fingerprint density at radius 1 is 1.08 bits per heavy atom. The van der Waals surface area contributed by atoms with Gasteiger partial charge in [0.25, 0.3) is 0 Å². The summed E-state index contributed by atoms with van der Waals surface area (Å²) in [5.41, 5.74) is -1.42. The van der Waals surface area contributed by atoms with E-state index in [1.807, 2.05) is 0 Å². The molecule has 11 heteroatoms. The van der Waals surface area contributed by atoms with Gasteiger partial charge in [-0.3, -0.25) is 4.72 Å².